The van der Waals surface area contributed by atoms with Crippen LogP contribution in [-0.4, -0.2) is 18.0 Å². The number of allylic oxidation sites excluding steroid dienone is 1. The lowest BCUT2D eigenvalue weighted by Gasteiger charge is -2.08. The average molecular weight is 250 g/mol. The zero-order chi connectivity index (χ0) is 14.1. The van der Waals surface area contributed by atoms with Gasteiger partial charge in [-0.25, -0.2) is 4.79 Å². The van der Waals surface area contributed by atoms with Gasteiger partial charge in [0.2, 0.25) is 6.10 Å². The number of esters is 2. The van der Waals surface area contributed by atoms with Crippen LogP contribution in [0.25, 0.3) is 0 Å². The van der Waals surface area contributed by atoms with E-state index in [1.54, 1.807) is 0 Å². The molecule has 0 heterocycles. The maximum absolute atomic E-state index is 11.6. The van der Waals surface area contributed by atoms with E-state index in [1.807, 2.05) is 27.7 Å². The summed E-state index contributed by atoms with van der Waals surface area (Å²) < 4.78 is 9.62. The zero-order valence-corrected chi connectivity index (χ0v) is 11.4. The number of carbonyl (C=O) groups excluding carboxylic acids is 2. The van der Waals surface area contributed by atoms with Gasteiger partial charge in [-0.3, -0.25) is 4.79 Å². The maximum Gasteiger partial charge on any atom is 0.357 e. The Balaban J connectivity index is 4.87. The molecule has 0 radical (unpaired) electrons. The summed E-state index contributed by atoms with van der Waals surface area (Å²) in [6.45, 7) is 8.49. The summed E-state index contributed by atoms with van der Waals surface area (Å²) in [5.41, 5.74) is 7.25. The van der Waals surface area contributed by atoms with E-state index in [0.29, 0.717) is 0 Å². The summed E-state index contributed by atoms with van der Waals surface area (Å²) in [7, 11) is 0. The van der Waals surface area contributed by atoms with Crippen LogP contribution in [0.4, 0.5) is 0 Å². The van der Waals surface area contributed by atoms with Gasteiger partial charge in [0.05, 0.1) is 0 Å². The van der Waals surface area contributed by atoms with Gasteiger partial charge in [0.25, 0.3) is 0 Å². The molecule has 98 valence electrons. The highest BCUT2D eigenvalue weighted by Crippen LogP contribution is 2.00. The van der Waals surface area contributed by atoms with Crippen molar-refractivity contribution in [3.8, 4) is 0 Å². The molecule has 0 aliphatic carbocycles. The van der Waals surface area contributed by atoms with E-state index in [0.717, 1.165) is 17.4 Å². The van der Waals surface area contributed by atoms with E-state index in [9.17, 15) is 9.59 Å². The second-order valence-corrected chi connectivity index (χ2v) is 4.04. The summed E-state index contributed by atoms with van der Waals surface area (Å²) in [5, 5.41) is 0. The molecule has 0 aromatic heterocycles. The highest BCUT2D eigenvalue weighted by molar-refractivity contribution is 5.80. The molecule has 1 unspecified atom stereocenters. The Hall–Kier alpha value is -2.02. The molecule has 0 rings (SSSR count). The molecule has 0 saturated carbocycles. The van der Waals surface area contributed by atoms with E-state index in [-0.39, 0.29) is 0 Å². The quantitative estimate of drug-likeness (QED) is 0.437. The van der Waals surface area contributed by atoms with Crippen LogP contribution in [0.15, 0.2) is 34.9 Å². The first kappa shape index (κ1) is 16.0. The van der Waals surface area contributed by atoms with E-state index in [2.05, 4.69) is 11.5 Å². The fourth-order valence-electron chi connectivity index (χ4n) is 0.844. The largest absolute Gasteiger partial charge is 0.445 e. The molecule has 0 aliphatic rings. The van der Waals surface area contributed by atoms with E-state index in [4.69, 9.17) is 9.47 Å². The van der Waals surface area contributed by atoms with Crippen molar-refractivity contribution >= 4 is 11.9 Å². The summed E-state index contributed by atoms with van der Waals surface area (Å²) in [6.07, 6.45) is 1.41. The summed E-state index contributed by atoms with van der Waals surface area (Å²) in [4.78, 5) is 22.5. The number of hydrogen-bond donors (Lipinski definition) is 0. The molecule has 0 amide bonds. The van der Waals surface area contributed by atoms with Gasteiger partial charge < -0.3 is 9.47 Å². The number of hydrogen-bond acceptors (Lipinski definition) is 4. The summed E-state index contributed by atoms with van der Waals surface area (Å²) in [5.74, 6) is -1.25. The lowest BCUT2D eigenvalue weighted by atomic mass is 10.3. The van der Waals surface area contributed by atoms with Crippen molar-refractivity contribution in [3.63, 3.8) is 0 Å². The Morgan fingerprint density at radius 3 is 2.00 bits per heavy atom. The van der Waals surface area contributed by atoms with Gasteiger partial charge in [-0.05, 0) is 38.8 Å². The molecule has 4 heteroatoms. The monoisotopic (exact) mass is 250 g/mol. The van der Waals surface area contributed by atoms with Gasteiger partial charge in [-0.2, -0.15) is 0 Å². The Bertz CT molecular complexity index is 436. The van der Waals surface area contributed by atoms with E-state index in [1.165, 1.54) is 13.0 Å². The normalized spacial score (nSPS) is 10.3. The van der Waals surface area contributed by atoms with Gasteiger partial charge in [-0.1, -0.05) is 5.73 Å². The number of carbonyl (C=O) groups is 2. The summed E-state index contributed by atoms with van der Waals surface area (Å²) >= 11 is 0. The first-order chi connectivity index (χ1) is 8.32. The van der Waals surface area contributed by atoms with Crippen LogP contribution in [0, 0.1) is 0 Å². The minimum atomic E-state index is -1.09. The Kier molecular flexibility index (Phi) is 7.22. The summed E-state index contributed by atoms with van der Waals surface area (Å²) in [6, 6.07) is 0. The SMILES string of the molecule is CC(=O)OC(C=C=C(C)C)C(=O)OC=C=C(C)C. The molecule has 0 N–H and O–H groups in total. The molecule has 0 saturated heterocycles. The molecular formula is C14H18O4. The van der Waals surface area contributed by atoms with Crippen molar-refractivity contribution in [1.82, 2.24) is 0 Å². The van der Waals surface area contributed by atoms with Crippen LogP contribution in [-0.2, 0) is 19.1 Å². The molecule has 0 bridgehead atoms. The van der Waals surface area contributed by atoms with Crippen LogP contribution in [0.2, 0.25) is 0 Å². The van der Waals surface area contributed by atoms with Gasteiger partial charge in [0.1, 0.15) is 6.26 Å². The lowest BCUT2D eigenvalue weighted by molar-refractivity contribution is -0.159. The van der Waals surface area contributed by atoms with Crippen molar-refractivity contribution in [2.75, 3.05) is 0 Å². The highest BCUT2D eigenvalue weighted by Gasteiger charge is 2.19. The molecule has 0 aromatic rings. The third kappa shape index (κ3) is 8.17. The van der Waals surface area contributed by atoms with Crippen molar-refractivity contribution in [2.45, 2.75) is 40.7 Å². The first-order valence-electron chi connectivity index (χ1n) is 5.49. The van der Waals surface area contributed by atoms with Crippen LogP contribution in [0.3, 0.4) is 0 Å². The predicted molar refractivity (Wildman–Crippen MR) is 67.5 cm³/mol. The topological polar surface area (TPSA) is 52.6 Å². The fraction of sp³-hybridized carbons (Fsp3) is 0.429. The minimum Gasteiger partial charge on any atom is -0.445 e. The third-order valence-corrected chi connectivity index (χ3v) is 1.57. The molecule has 1 atom stereocenters. The van der Waals surface area contributed by atoms with Crippen molar-refractivity contribution in [1.29, 1.82) is 0 Å². The van der Waals surface area contributed by atoms with Gasteiger partial charge in [0.15, 0.2) is 0 Å². The van der Waals surface area contributed by atoms with E-state index >= 15 is 0 Å². The van der Waals surface area contributed by atoms with Crippen molar-refractivity contribution in [2.24, 2.45) is 0 Å². The predicted octanol–water partition coefficient (Wildman–Crippen LogP) is 2.66. The smallest absolute Gasteiger partial charge is 0.357 e. The van der Waals surface area contributed by atoms with Crippen LogP contribution >= 0.6 is 0 Å². The standard InChI is InChI=1S/C14H18O4/c1-10(2)6-7-13(18-12(5)15)14(16)17-9-8-11(3)4/h7,9,13H,1-5H3. The Labute approximate surface area is 107 Å². The Morgan fingerprint density at radius 2 is 1.56 bits per heavy atom. The van der Waals surface area contributed by atoms with Crippen molar-refractivity contribution < 1.29 is 19.1 Å². The van der Waals surface area contributed by atoms with Gasteiger partial charge in [0, 0.05) is 13.0 Å². The van der Waals surface area contributed by atoms with Crippen molar-refractivity contribution in [3.05, 3.63) is 34.9 Å². The third-order valence-electron chi connectivity index (χ3n) is 1.57. The van der Waals surface area contributed by atoms with Crippen LogP contribution < -0.4 is 0 Å². The highest BCUT2D eigenvalue weighted by atomic mass is 16.6. The molecule has 4 nitrogen and oxygen atoms in total. The zero-order valence-electron chi connectivity index (χ0n) is 11.4. The fourth-order valence-corrected chi connectivity index (χ4v) is 0.844. The maximum atomic E-state index is 11.6. The second-order valence-electron chi connectivity index (χ2n) is 4.04. The Morgan fingerprint density at radius 1 is 1.00 bits per heavy atom. The van der Waals surface area contributed by atoms with Crippen LogP contribution in [0.5, 0.6) is 0 Å². The number of ether oxygens (including phenoxy) is 2. The van der Waals surface area contributed by atoms with E-state index < -0.39 is 18.0 Å². The molecule has 0 aliphatic heterocycles. The van der Waals surface area contributed by atoms with Crippen LogP contribution in [0.1, 0.15) is 34.6 Å². The molecule has 0 spiro atoms. The lowest BCUT2D eigenvalue weighted by Crippen LogP contribution is -2.25. The first-order valence-corrected chi connectivity index (χ1v) is 5.49. The molecule has 0 aromatic carbocycles. The second kappa shape index (κ2) is 8.13. The molecular weight excluding hydrogens is 232 g/mol. The van der Waals surface area contributed by atoms with Gasteiger partial charge in [-0.15, -0.1) is 5.73 Å². The minimum absolute atomic E-state index is 0.560. The number of rotatable bonds is 4. The molecule has 18 heavy (non-hydrogen) atoms. The molecule has 0 fully saturated rings. The average Bonchev–Trinajstić information content (AvgIpc) is 2.22. The van der Waals surface area contributed by atoms with Gasteiger partial charge >= 0.3 is 11.9 Å².